The topological polar surface area (TPSA) is 12.0 Å². The molecule has 0 saturated carbocycles. The highest BCUT2D eigenvalue weighted by Crippen LogP contribution is 2.29. The van der Waals surface area contributed by atoms with Crippen molar-refractivity contribution >= 4 is 15.9 Å². The van der Waals surface area contributed by atoms with Crippen LogP contribution in [-0.2, 0) is 6.42 Å². The first-order valence-electron chi connectivity index (χ1n) is 7.74. The summed E-state index contributed by atoms with van der Waals surface area (Å²) in [6.45, 7) is 7.53. The quantitative estimate of drug-likeness (QED) is 0.737. The van der Waals surface area contributed by atoms with Crippen molar-refractivity contribution in [1.29, 1.82) is 0 Å². The number of benzene rings is 2. The second-order valence-corrected chi connectivity index (χ2v) is 6.36. The second kappa shape index (κ2) is 7.77. The summed E-state index contributed by atoms with van der Waals surface area (Å²) >= 11 is 3.73. The van der Waals surface area contributed by atoms with Gasteiger partial charge in [0.2, 0.25) is 0 Å². The minimum Gasteiger partial charge on any atom is -0.306 e. The monoisotopic (exact) mass is 345 g/mol. The summed E-state index contributed by atoms with van der Waals surface area (Å²) in [4.78, 5) is 0. The molecule has 21 heavy (non-hydrogen) atoms. The Hall–Kier alpha value is -1.12. The van der Waals surface area contributed by atoms with E-state index in [1.165, 1.54) is 26.7 Å². The number of nitrogens with one attached hydrogen (secondary N) is 1. The first-order valence-corrected chi connectivity index (χ1v) is 8.53. The van der Waals surface area contributed by atoms with Crippen molar-refractivity contribution in [3.63, 3.8) is 0 Å². The molecule has 112 valence electrons. The van der Waals surface area contributed by atoms with Gasteiger partial charge in [-0.15, -0.1) is 0 Å². The predicted molar refractivity (Wildman–Crippen MR) is 94.8 cm³/mol. The minimum atomic E-state index is 0.242. The lowest BCUT2D eigenvalue weighted by atomic mass is 9.96. The van der Waals surface area contributed by atoms with E-state index in [9.17, 15) is 0 Å². The summed E-state index contributed by atoms with van der Waals surface area (Å²) in [5.41, 5.74) is 5.29. The normalized spacial score (nSPS) is 12.4. The Bertz CT molecular complexity index is 575. The number of aryl methyl sites for hydroxylation is 2. The second-order valence-electron chi connectivity index (χ2n) is 5.51. The van der Waals surface area contributed by atoms with E-state index < -0.39 is 0 Å². The molecule has 0 bridgehead atoms. The van der Waals surface area contributed by atoms with E-state index >= 15 is 0 Å². The molecule has 1 atom stereocenters. The van der Waals surface area contributed by atoms with E-state index in [-0.39, 0.29) is 6.04 Å². The molecule has 1 unspecified atom stereocenters. The Morgan fingerprint density at radius 1 is 1.05 bits per heavy atom. The average molecular weight is 346 g/mol. The van der Waals surface area contributed by atoms with Crippen LogP contribution in [0.25, 0.3) is 0 Å². The maximum absolute atomic E-state index is 3.73. The summed E-state index contributed by atoms with van der Waals surface area (Å²) in [6.07, 6.45) is 2.22. The van der Waals surface area contributed by atoms with Gasteiger partial charge >= 0.3 is 0 Å². The number of rotatable bonds is 6. The van der Waals surface area contributed by atoms with Gasteiger partial charge in [0.15, 0.2) is 0 Å². The fourth-order valence-corrected chi connectivity index (χ4v) is 3.23. The van der Waals surface area contributed by atoms with Gasteiger partial charge in [-0.05, 0) is 54.6 Å². The zero-order valence-electron chi connectivity index (χ0n) is 13.1. The van der Waals surface area contributed by atoms with Crippen molar-refractivity contribution in [1.82, 2.24) is 5.32 Å². The van der Waals surface area contributed by atoms with Crippen molar-refractivity contribution in [2.24, 2.45) is 0 Å². The summed E-state index contributed by atoms with van der Waals surface area (Å²) in [6, 6.07) is 15.8. The molecular formula is C19H24BrN. The van der Waals surface area contributed by atoms with Gasteiger partial charge in [0.1, 0.15) is 0 Å². The third kappa shape index (κ3) is 4.18. The molecule has 2 aromatic rings. The van der Waals surface area contributed by atoms with E-state index in [1.807, 2.05) is 0 Å². The summed E-state index contributed by atoms with van der Waals surface area (Å²) < 4.78 is 1.18. The van der Waals surface area contributed by atoms with Gasteiger partial charge in [0, 0.05) is 4.47 Å². The Morgan fingerprint density at radius 2 is 1.76 bits per heavy atom. The molecule has 1 N–H and O–H groups in total. The van der Waals surface area contributed by atoms with Gasteiger partial charge in [-0.2, -0.15) is 0 Å². The zero-order chi connectivity index (χ0) is 15.2. The van der Waals surface area contributed by atoms with E-state index in [2.05, 4.69) is 84.5 Å². The van der Waals surface area contributed by atoms with Gasteiger partial charge in [0.05, 0.1) is 6.04 Å². The molecule has 0 spiro atoms. The largest absolute Gasteiger partial charge is 0.306 e. The van der Waals surface area contributed by atoms with E-state index in [1.54, 1.807) is 0 Å². The van der Waals surface area contributed by atoms with Crippen LogP contribution in [0.15, 0.2) is 46.9 Å². The van der Waals surface area contributed by atoms with Crippen LogP contribution in [0, 0.1) is 6.92 Å². The Balaban J connectivity index is 2.36. The first kappa shape index (κ1) is 16.3. The van der Waals surface area contributed by atoms with Crippen LogP contribution < -0.4 is 5.32 Å². The lowest BCUT2D eigenvalue weighted by Gasteiger charge is -2.21. The molecule has 0 aromatic heterocycles. The summed E-state index contributed by atoms with van der Waals surface area (Å²) in [7, 11) is 0. The van der Waals surface area contributed by atoms with Gasteiger partial charge < -0.3 is 5.32 Å². The summed E-state index contributed by atoms with van der Waals surface area (Å²) in [5.74, 6) is 0. The molecule has 2 rings (SSSR count). The molecule has 1 nitrogen and oxygen atoms in total. The predicted octanol–water partition coefficient (Wildman–Crippen LogP) is 5.41. The molecule has 0 saturated heterocycles. The zero-order valence-corrected chi connectivity index (χ0v) is 14.7. The van der Waals surface area contributed by atoms with Crippen LogP contribution in [0.2, 0.25) is 0 Å². The van der Waals surface area contributed by atoms with Crippen LogP contribution in [0.1, 0.15) is 48.6 Å². The van der Waals surface area contributed by atoms with E-state index in [4.69, 9.17) is 0 Å². The van der Waals surface area contributed by atoms with Crippen LogP contribution in [0.5, 0.6) is 0 Å². The number of halogens is 1. The molecule has 2 heteroatoms. The molecule has 0 radical (unpaired) electrons. The fraction of sp³-hybridized carbons (Fsp3) is 0.368. The van der Waals surface area contributed by atoms with Crippen molar-refractivity contribution < 1.29 is 0 Å². The van der Waals surface area contributed by atoms with Crippen LogP contribution in [0.4, 0.5) is 0 Å². The lowest BCUT2D eigenvalue weighted by Crippen LogP contribution is -2.23. The third-order valence-electron chi connectivity index (χ3n) is 3.79. The van der Waals surface area contributed by atoms with Crippen LogP contribution in [-0.4, -0.2) is 6.54 Å². The van der Waals surface area contributed by atoms with Gasteiger partial charge in [-0.3, -0.25) is 0 Å². The lowest BCUT2D eigenvalue weighted by molar-refractivity contribution is 0.596. The maximum atomic E-state index is 3.73. The van der Waals surface area contributed by atoms with Gasteiger partial charge in [-0.1, -0.05) is 66.2 Å². The Kier molecular flexibility index (Phi) is 6.01. The minimum absolute atomic E-state index is 0.242. The molecule has 0 heterocycles. The Morgan fingerprint density at radius 3 is 2.33 bits per heavy atom. The van der Waals surface area contributed by atoms with Crippen molar-refractivity contribution in [3.8, 4) is 0 Å². The standard InChI is InChI=1S/C19H24BrN/c1-4-12-21-19(16-9-7-15(5-2)8-10-16)17-11-6-14(3)13-18(17)20/h6-11,13,19,21H,4-5,12H2,1-3H3. The maximum Gasteiger partial charge on any atom is 0.0587 e. The highest BCUT2D eigenvalue weighted by molar-refractivity contribution is 9.10. The van der Waals surface area contributed by atoms with Crippen molar-refractivity contribution in [2.45, 2.75) is 39.7 Å². The third-order valence-corrected chi connectivity index (χ3v) is 4.47. The van der Waals surface area contributed by atoms with Gasteiger partial charge in [0.25, 0.3) is 0 Å². The smallest absolute Gasteiger partial charge is 0.0587 e. The first-order chi connectivity index (χ1) is 10.2. The van der Waals surface area contributed by atoms with E-state index in [0.29, 0.717) is 0 Å². The number of hydrogen-bond acceptors (Lipinski definition) is 1. The SMILES string of the molecule is CCCNC(c1ccc(CC)cc1)c1ccc(C)cc1Br. The molecular weight excluding hydrogens is 322 g/mol. The van der Waals surface area contributed by atoms with Gasteiger partial charge in [-0.25, -0.2) is 0 Å². The van der Waals surface area contributed by atoms with Crippen molar-refractivity contribution in [2.75, 3.05) is 6.54 Å². The average Bonchev–Trinajstić information content (AvgIpc) is 2.50. The Labute approximate surface area is 136 Å². The molecule has 0 fully saturated rings. The van der Waals surface area contributed by atoms with E-state index in [0.717, 1.165) is 19.4 Å². The highest BCUT2D eigenvalue weighted by atomic mass is 79.9. The molecule has 0 aliphatic rings. The van der Waals surface area contributed by atoms with Crippen molar-refractivity contribution in [3.05, 3.63) is 69.2 Å². The molecule has 2 aromatic carbocycles. The molecule has 0 aliphatic heterocycles. The number of hydrogen-bond donors (Lipinski definition) is 1. The fourth-order valence-electron chi connectivity index (χ4n) is 2.51. The van der Waals surface area contributed by atoms with Crippen LogP contribution in [0.3, 0.4) is 0 Å². The molecule has 0 aliphatic carbocycles. The highest BCUT2D eigenvalue weighted by Gasteiger charge is 2.16. The summed E-state index contributed by atoms with van der Waals surface area (Å²) in [5, 5.41) is 3.67. The van der Waals surface area contributed by atoms with Crippen LogP contribution >= 0.6 is 15.9 Å². The molecule has 0 amide bonds.